The Kier molecular flexibility index (Phi) is 5.46. The Morgan fingerprint density at radius 3 is 2.72 bits per heavy atom. The van der Waals surface area contributed by atoms with Gasteiger partial charge in [-0.2, -0.15) is 5.10 Å². The molecule has 3 rings (SSSR count). The van der Waals surface area contributed by atoms with Gasteiger partial charge in [0.15, 0.2) is 6.61 Å². The highest BCUT2D eigenvalue weighted by atomic mass is 79.9. The number of aryl methyl sites for hydroxylation is 1. The smallest absolute Gasteiger partial charge is 0.277 e. The second-order valence-corrected chi connectivity index (χ2v) is 6.33. The lowest BCUT2D eigenvalue weighted by atomic mass is 10.1. The van der Waals surface area contributed by atoms with Crippen molar-refractivity contribution in [2.75, 3.05) is 6.61 Å². The van der Waals surface area contributed by atoms with Crippen molar-refractivity contribution in [1.82, 2.24) is 5.43 Å². The molecule has 0 aliphatic carbocycles. The lowest BCUT2D eigenvalue weighted by Crippen LogP contribution is -2.24. The fourth-order valence-corrected chi connectivity index (χ4v) is 3.01. The predicted octanol–water partition coefficient (Wildman–Crippen LogP) is 4.44. The van der Waals surface area contributed by atoms with E-state index in [2.05, 4.69) is 26.5 Å². The second-order valence-electron chi connectivity index (χ2n) is 5.54. The molecule has 0 heterocycles. The molecule has 3 aromatic rings. The molecule has 0 radical (unpaired) electrons. The van der Waals surface area contributed by atoms with Crippen LogP contribution in [0.25, 0.3) is 10.8 Å². The largest absolute Gasteiger partial charge is 0.483 e. The molecule has 0 aliphatic rings. The van der Waals surface area contributed by atoms with Gasteiger partial charge in [-0.25, -0.2) is 5.43 Å². The maximum absolute atomic E-state index is 11.9. The van der Waals surface area contributed by atoms with E-state index in [4.69, 9.17) is 4.74 Å². The molecule has 25 heavy (non-hydrogen) atoms. The zero-order chi connectivity index (χ0) is 17.6. The van der Waals surface area contributed by atoms with Crippen molar-refractivity contribution in [2.45, 2.75) is 6.92 Å². The van der Waals surface area contributed by atoms with Gasteiger partial charge in [-0.1, -0.05) is 54.6 Å². The standard InChI is InChI=1S/C20H17BrN2O2/c1-14-6-2-3-8-16(14)12-22-23-19(24)13-25-18-11-10-15-7-4-5-9-17(15)20(18)21/h2-12H,13H2,1H3,(H,23,24)/b22-12+. The van der Waals surface area contributed by atoms with Crippen LogP contribution in [0.5, 0.6) is 5.75 Å². The van der Waals surface area contributed by atoms with Crippen LogP contribution < -0.4 is 10.2 Å². The highest BCUT2D eigenvalue weighted by Crippen LogP contribution is 2.32. The minimum atomic E-state index is -0.315. The first kappa shape index (κ1) is 17.2. The van der Waals surface area contributed by atoms with E-state index < -0.39 is 0 Å². The highest BCUT2D eigenvalue weighted by molar-refractivity contribution is 9.10. The first-order chi connectivity index (χ1) is 12.1. The maximum Gasteiger partial charge on any atom is 0.277 e. The van der Waals surface area contributed by atoms with Gasteiger partial charge in [0.2, 0.25) is 0 Å². The maximum atomic E-state index is 11.9. The van der Waals surface area contributed by atoms with Crippen LogP contribution in [0, 0.1) is 6.92 Å². The van der Waals surface area contributed by atoms with Gasteiger partial charge >= 0.3 is 0 Å². The summed E-state index contributed by atoms with van der Waals surface area (Å²) in [5.74, 6) is 0.307. The first-order valence-corrected chi connectivity index (χ1v) is 8.62. The van der Waals surface area contributed by atoms with E-state index >= 15 is 0 Å². The molecule has 0 aromatic heterocycles. The Bertz CT molecular complexity index is 938. The number of fused-ring (bicyclic) bond motifs is 1. The average molecular weight is 397 g/mol. The van der Waals surface area contributed by atoms with E-state index in [9.17, 15) is 4.79 Å². The van der Waals surface area contributed by atoms with E-state index in [1.54, 1.807) is 6.21 Å². The Morgan fingerprint density at radius 2 is 1.88 bits per heavy atom. The molecule has 1 amide bonds. The van der Waals surface area contributed by atoms with Crippen molar-refractivity contribution in [3.8, 4) is 5.75 Å². The molecule has 0 unspecified atom stereocenters. The molecule has 0 fully saturated rings. The van der Waals surface area contributed by atoms with Crippen LogP contribution in [0.15, 0.2) is 70.2 Å². The Morgan fingerprint density at radius 1 is 1.12 bits per heavy atom. The third kappa shape index (κ3) is 4.25. The zero-order valence-electron chi connectivity index (χ0n) is 13.7. The summed E-state index contributed by atoms with van der Waals surface area (Å²) in [7, 11) is 0. The third-order valence-corrected chi connectivity index (χ3v) is 4.59. The van der Waals surface area contributed by atoms with Gasteiger partial charge in [0.25, 0.3) is 5.91 Å². The molecule has 5 heteroatoms. The predicted molar refractivity (Wildman–Crippen MR) is 104 cm³/mol. The quantitative estimate of drug-likeness (QED) is 0.511. The summed E-state index contributed by atoms with van der Waals surface area (Å²) in [5.41, 5.74) is 4.53. The molecule has 0 atom stereocenters. The molecule has 0 saturated carbocycles. The van der Waals surface area contributed by atoms with Crippen LogP contribution in [-0.4, -0.2) is 18.7 Å². The zero-order valence-corrected chi connectivity index (χ0v) is 15.3. The van der Waals surface area contributed by atoms with Crippen LogP contribution in [-0.2, 0) is 4.79 Å². The van der Waals surface area contributed by atoms with Crippen LogP contribution in [0.2, 0.25) is 0 Å². The Hall–Kier alpha value is -2.66. The van der Waals surface area contributed by atoms with Crippen LogP contribution in [0.4, 0.5) is 0 Å². The van der Waals surface area contributed by atoms with Gasteiger partial charge in [0.05, 0.1) is 10.7 Å². The number of carbonyl (C=O) groups is 1. The van der Waals surface area contributed by atoms with Gasteiger partial charge in [0.1, 0.15) is 5.75 Å². The van der Waals surface area contributed by atoms with Gasteiger partial charge < -0.3 is 4.74 Å². The van der Waals surface area contributed by atoms with Gasteiger partial charge in [-0.3, -0.25) is 4.79 Å². The molecule has 4 nitrogen and oxygen atoms in total. The third-order valence-electron chi connectivity index (χ3n) is 3.77. The molecular formula is C20H17BrN2O2. The lowest BCUT2D eigenvalue weighted by Gasteiger charge is -2.09. The minimum Gasteiger partial charge on any atom is -0.483 e. The number of halogens is 1. The summed E-state index contributed by atoms with van der Waals surface area (Å²) in [5, 5.41) is 6.12. The minimum absolute atomic E-state index is 0.109. The summed E-state index contributed by atoms with van der Waals surface area (Å²) in [4.78, 5) is 11.9. The van der Waals surface area contributed by atoms with Crippen LogP contribution in [0.1, 0.15) is 11.1 Å². The van der Waals surface area contributed by atoms with E-state index in [-0.39, 0.29) is 12.5 Å². The van der Waals surface area contributed by atoms with Gasteiger partial charge in [-0.05, 0) is 50.8 Å². The number of carbonyl (C=O) groups excluding carboxylic acids is 1. The summed E-state index contributed by atoms with van der Waals surface area (Å²) in [6.07, 6.45) is 1.62. The second kappa shape index (κ2) is 7.94. The highest BCUT2D eigenvalue weighted by Gasteiger charge is 2.08. The molecule has 0 aliphatic heterocycles. The summed E-state index contributed by atoms with van der Waals surface area (Å²) in [6.45, 7) is 1.88. The molecule has 0 saturated heterocycles. The molecule has 126 valence electrons. The number of hydrazone groups is 1. The van der Waals surface area contributed by atoms with Crippen molar-refractivity contribution in [1.29, 1.82) is 0 Å². The summed E-state index contributed by atoms with van der Waals surface area (Å²) < 4.78 is 6.44. The first-order valence-electron chi connectivity index (χ1n) is 7.83. The fraction of sp³-hybridized carbons (Fsp3) is 0.100. The van der Waals surface area contributed by atoms with E-state index in [0.717, 1.165) is 26.4 Å². The van der Waals surface area contributed by atoms with E-state index in [1.165, 1.54) is 0 Å². The van der Waals surface area contributed by atoms with Gasteiger partial charge in [0, 0.05) is 0 Å². The number of nitrogens with zero attached hydrogens (tertiary/aromatic N) is 1. The molecule has 0 spiro atoms. The monoisotopic (exact) mass is 396 g/mol. The fourth-order valence-electron chi connectivity index (χ4n) is 2.41. The number of benzene rings is 3. The Balaban J connectivity index is 1.59. The SMILES string of the molecule is Cc1ccccc1/C=N/NC(=O)COc1ccc2ccccc2c1Br. The van der Waals surface area contributed by atoms with Crippen LogP contribution in [0.3, 0.4) is 0 Å². The van der Waals surface area contributed by atoms with Crippen molar-refractivity contribution in [3.05, 3.63) is 76.3 Å². The number of hydrogen-bond donors (Lipinski definition) is 1. The van der Waals surface area contributed by atoms with Gasteiger partial charge in [-0.15, -0.1) is 0 Å². The van der Waals surface area contributed by atoms with E-state index in [0.29, 0.717) is 5.75 Å². The topological polar surface area (TPSA) is 50.7 Å². The number of hydrogen-bond acceptors (Lipinski definition) is 3. The molecule has 3 aromatic carbocycles. The van der Waals surface area contributed by atoms with E-state index in [1.807, 2.05) is 67.6 Å². The average Bonchev–Trinajstić information content (AvgIpc) is 2.63. The lowest BCUT2D eigenvalue weighted by molar-refractivity contribution is -0.123. The summed E-state index contributed by atoms with van der Waals surface area (Å²) in [6, 6.07) is 19.6. The number of rotatable bonds is 5. The van der Waals surface area contributed by atoms with Crippen LogP contribution >= 0.6 is 15.9 Å². The normalized spacial score (nSPS) is 11.0. The number of nitrogens with one attached hydrogen (secondary N) is 1. The molecule has 1 N–H and O–H groups in total. The van der Waals surface area contributed by atoms with Crippen molar-refractivity contribution >= 4 is 38.8 Å². The van der Waals surface area contributed by atoms with Crippen molar-refractivity contribution in [3.63, 3.8) is 0 Å². The summed E-state index contributed by atoms with van der Waals surface area (Å²) >= 11 is 3.54. The van der Waals surface area contributed by atoms with Crippen molar-refractivity contribution in [2.24, 2.45) is 5.10 Å². The van der Waals surface area contributed by atoms with Crippen molar-refractivity contribution < 1.29 is 9.53 Å². The number of amides is 1. The Labute approximate surface area is 154 Å². The molecule has 0 bridgehead atoms. The molecular weight excluding hydrogens is 380 g/mol. The number of ether oxygens (including phenoxy) is 1.